The maximum atomic E-state index is 11.3. The fraction of sp³-hybridized carbons (Fsp3) is 0.0769. The Kier molecular flexibility index (Phi) is 4.27. The number of hydrogen-bond acceptors (Lipinski definition) is 3. The van der Waals surface area contributed by atoms with Crippen LogP contribution in [-0.4, -0.2) is 10.8 Å². The maximum absolute atomic E-state index is 11.3. The van der Waals surface area contributed by atoms with E-state index < -0.39 is 0 Å². The van der Waals surface area contributed by atoms with Crippen molar-refractivity contribution in [2.45, 2.75) is 16.8 Å². The minimum absolute atomic E-state index is 0.0106. The van der Waals surface area contributed by atoms with E-state index in [0.29, 0.717) is 20.6 Å². The van der Waals surface area contributed by atoms with Gasteiger partial charge in [-0.1, -0.05) is 35.0 Å². The number of benzene rings is 1. The van der Waals surface area contributed by atoms with Gasteiger partial charge in [0.1, 0.15) is 5.03 Å². The van der Waals surface area contributed by atoms with E-state index in [9.17, 15) is 4.79 Å². The van der Waals surface area contributed by atoms with Crippen molar-refractivity contribution in [2.75, 3.05) is 0 Å². The summed E-state index contributed by atoms with van der Waals surface area (Å²) in [6.45, 7) is 1.52. The molecule has 0 spiro atoms. The van der Waals surface area contributed by atoms with Gasteiger partial charge in [-0.3, -0.25) is 4.79 Å². The number of carbonyl (C=O) groups excluding carboxylic acids is 1. The summed E-state index contributed by atoms with van der Waals surface area (Å²) < 4.78 is 0. The van der Waals surface area contributed by atoms with E-state index in [-0.39, 0.29) is 5.78 Å². The topological polar surface area (TPSA) is 30.0 Å². The molecule has 2 nitrogen and oxygen atoms in total. The predicted molar refractivity (Wildman–Crippen MR) is 74.8 cm³/mol. The third kappa shape index (κ3) is 3.25. The van der Waals surface area contributed by atoms with Gasteiger partial charge in [0, 0.05) is 21.7 Å². The van der Waals surface area contributed by atoms with Crippen LogP contribution in [0.1, 0.15) is 17.3 Å². The fourth-order valence-electron chi connectivity index (χ4n) is 1.35. The Morgan fingerprint density at radius 1 is 1.22 bits per heavy atom. The highest BCUT2D eigenvalue weighted by molar-refractivity contribution is 7.99. The number of pyridine rings is 1. The van der Waals surface area contributed by atoms with Crippen LogP contribution in [0.4, 0.5) is 0 Å². The molecule has 0 unspecified atom stereocenters. The number of carbonyl (C=O) groups is 1. The third-order valence-electron chi connectivity index (χ3n) is 2.25. The normalized spacial score (nSPS) is 10.4. The average molecular weight is 298 g/mol. The highest BCUT2D eigenvalue weighted by Gasteiger charge is 2.07. The Balaban J connectivity index is 2.31. The second-order valence-electron chi connectivity index (χ2n) is 3.62. The molecule has 2 aromatic rings. The van der Waals surface area contributed by atoms with E-state index in [1.807, 2.05) is 0 Å². The average Bonchev–Trinajstić information content (AvgIpc) is 2.34. The zero-order valence-corrected chi connectivity index (χ0v) is 11.8. The number of halogens is 2. The molecule has 1 aromatic heterocycles. The summed E-state index contributed by atoms with van der Waals surface area (Å²) in [6, 6.07) is 8.67. The predicted octanol–water partition coefficient (Wildman–Crippen LogP) is 4.74. The summed E-state index contributed by atoms with van der Waals surface area (Å²) in [4.78, 5) is 16.3. The van der Waals surface area contributed by atoms with Crippen molar-refractivity contribution in [3.8, 4) is 0 Å². The van der Waals surface area contributed by atoms with E-state index >= 15 is 0 Å². The molecule has 0 radical (unpaired) electrons. The molecule has 0 atom stereocenters. The Morgan fingerprint density at radius 3 is 2.72 bits per heavy atom. The Morgan fingerprint density at radius 2 is 2.00 bits per heavy atom. The smallest absolute Gasteiger partial charge is 0.159 e. The van der Waals surface area contributed by atoms with Gasteiger partial charge in [0.2, 0.25) is 0 Å². The van der Waals surface area contributed by atoms with Crippen molar-refractivity contribution < 1.29 is 4.79 Å². The SMILES string of the molecule is CC(=O)c1ccnc(Sc2cc(Cl)ccc2Cl)c1. The number of rotatable bonds is 3. The molecule has 0 saturated heterocycles. The van der Waals surface area contributed by atoms with Gasteiger partial charge in [-0.2, -0.15) is 0 Å². The zero-order valence-electron chi connectivity index (χ0n) is 9.48. The minimum atomic E-state index is 0.0106. The van der Waals surface area contributed by atoms with Crippen LogP contribution in [-0.2, 0) is 0 Å². The summed E-state index contributed by atoms with van der Waals surface area (Å²) in [6.07, 6.45) is 1.61. The second-order valence-corrected chi connectivity index (χ2v) is 5.52. The molecule has 0 aliphatic carbocycles. The Bertz CT molecular complexity index is 601. The largest absolute Gasteiger partial charge is 0.295 e. The number of Topliss-reactive ketones (excluding diaryl/α,β-unsaturated/α-hetero) is 1. The van der Waals surface area contributed by atoms with Crippen LogP contribution in [0, 0.1) is 0 Å². The van der Waals surface area contributed by atoms with E-state index in [2.05, 4.69) is 4.98 Å². The first-order valence-electron chi connectivity index (χ1n) is 5.16. The van der Waals surface area contributed by atoms with Crippen molar-refractivity contribution in [3.63, 3.8) is 0 Å². The first-order chi connectivity index (χ1) is 8.56. The highest BCUT2D eigenvalue weighted by Crippen LogP contribution is 2.34. The lowest BCUT2D eigenvalue weighted by Crippen LogP contribution is -1.93. The zero-order chi connectivity index (χ0) is 13.1. The van der Waals surface area contributed by atoms with Gasteiger partial charge < -0.3 is 0 Å². The molecule has 92 valence electrons. The number of ketones is 1. The lowest BCUT2D eigenvalue weighted by Gasteiger charge is -2.05. The summed E-state index contributed by atoms with van der Waals surface area (Å²) in [5.41, 5.74) is 0.630. The number of hydrogen-bond donors (Lipinski definition) is 0. The molecule has 0 aliphatic rings. The van der Waals surface area contributed by atoms with E-state index in [1.165, 1.54) is 18.7 Å². The molecule has 2 rings (SSSR count). The van der Waals surface area contributed by atoms with E-state index in [0.717, 1.165) is 4.90 Å². The fourth-order valence-corrected chi connectivity index (χ4v) is 2.70. The molecule has 0 saturated carbocycles. The van der Waals surface area contributed by atoms with Gasteiger partial charge in [-0.25, -0.2) is 4.98 Å². The van der Waals surface area contributed by atoms with Gasteiger partial charge in [0.05, 0.1) is 5.02 Å². The minimum Gasteiger partial charge on any atom is -0.295 e. The number of nitrogens with zero attached hydrogens (tertiary/aromatic N) is 1. The van der Waals surface area contributed by atoms with Crippen molar-refractivity contribution in [1.29, 1.82) is 0 Å². The molecule has 18 heavy (non-hydrogen) atoms. The highest BCUT2D eigenvalue weighted by atomic mass is 35.5. The third-order valence-corrected chi connectivity index (χ3v) is 3.92. The van der Waals surface area contributed by atoms with Gasteiger partial charge >= 0.3 is 0 Å². The summed E-state index contributed by atoms with van der Waals surface area (Å²) in [5.74, 6) is 0.0106. The van der Waals surface area contributed by atoms with Crippen LogP contribution in [0.15, 0.2) is 46.5 Å². The molecule has 0 amide bonds. The molecule has 0 N–H and O–H groups in total. The molecule has 1 heterocycles. The lowest BCUT2D eigenvalue weighted by atomic mass is 10.2. The molecule has 0 aliphatic heterocycles. The molecular formula is C13H9Cl2NOS. The summed E-state index contributed by atoms with van der Waals surface area (Å²) in [5, 5.41) is 1.94. The maximum Gasteiger partial charge on any atom is 0.159 e. The number of aromatic nitrogens is 1. The monoisotopic (exact) mass is 297 g/mol. The Labute approximate surface area is 119 Å². The quantitative estimate of drug-likeness (QED) is 0.766. The van der Waals surface area contributed by atoms with Crippen molar-refractivity contribution in [2.24, 2.45) is 0 Å². The van der Waals surface area contributed by atoms with E-state index in [4.69, 9.17) is 23.2 Å². The summed E-state index contributed by atoms with van der Waals surface area (Å²) >= 11 is 13.4. The second kappa shape index (κ2) is 5.74. The van der Waals surface area contributed by atoms with Crippen LogP contribution in [0.2, 0.25) is 10.0 Å². The Hall–Kier alpha value is -1.03. The molecule has 5 heteroatoms. The van der Waals surface area contributed by atoms with Gasteiger partial charge in [-0.05, 0) is 37.3 Å². The van der Waals surface area contributed by atoms with Crippen molar-refractivity contribution >= 4 is 40.7 Å². The standard InChI is InChI=1S/C13H9Cl2NOS/c1-8(17)9-4-5-16-13(6-9)18-12-7-10(14)2-3-11(12)15/h2-7H,1H3. The van der Waals surface area contributed by atoms with Crippen molar-refractivity contribution in [3.05, 3.63) is 52.1 Å². The molecular weight excluding hydrogens is 289 g/mol. The van der Waals surface area contributed by atoms with Crippen LogP contribution < -0.4 is 0 Å². The van der Waals surface area contributed by atoms with Gasteiger partial charge in [0.25, 0.3) is 0 Å². The summed E-state index contributed by atoms with van der Waals surface area (Å²) in [7, 11) is 0. The first-order valence-corrected chi connectivity index (χ1v) is 6.73. The van der Waals surface area contributed by atoms with Crippen molar-refractivity contribution in [1.82, 2.24) is 4.98 Å². The van der Waals surface area contributed by atoms with Crippen LogP contribution in [0.5, 0.6) is 0 Å². The van der Waals surface area contributed by atoms with Gasteiger partial charge in [-0.15, -0.1) is 0 Å². The van der Waals surface area contributed by atoms with E-state index in [1.54, 1.807) is 36.5 Å². The van der Waals surface area contributed by atoms with Crippen LogP contribution in [0.3, 0.4) is 0 Å². The molecule has 0 fully saturated rings. The lowest BCUT2D eigenvalue weighted by molar-refractivity contribution is 0.101. The van der Waals surface area contributed by atoms with Gasteiger partial charge in [0.15, 0.2) is 5.78 Å². The first kappa shape index (κ1) is 13.4. The molecule has 0 bridgehead atoms. The molecule has 1 aromatic carbocycles. The van der Waals surface area contributed by atoms with Crippen LogP contribution >= 0.6 is 35.0 Å². The van der Waals surface area contributed by atoms with Crippen LogP contribution in [0.25, 0.3) is 0 Å².